The number of sulfonamides is 1. The highest BCUT2D eigenvalue weighted by atomic mass is 35.5. The molecule has 0 bridgehead atoms. The topological polar surface area (TPSA) is 79.3 Å². The van der Waals surface area contributed by atoms with Crippen LogP contribution in [0, 0.1) is 0 Å². The maximum atomic E-state index is 13.2. The summed E-state index contributed by atoms with van der Waals surface area (Å²) in [6.07, 6.45) is -3.43. The Labute approximate surface area is 136 Å². The Morgan fingerprint density at radius 1 is 1.43 bits per heavy atom. The first-order chi connectivity index (χ1) is 10.6. The molecule has 2 heterocycles. The summed E-state index contributed by atoms with van der Waals surface area (Å²) in [6.45, 7) is 0.448. The van der Waals surface area contributed by atoms with Gasteiger partial charge in [-0.3, -0.25) is 9.58 Å². The van der Waals surface area contributed by atoms with E-state index in [2.05, 4.69) is 10.4 Å². The molecule has 0 spiro atoms. The molecule has 1 aromatic rings. The van der Waals surface area contributed by atoms with Crippen molar-refractivity contribution in [1.82, 2.24) is 24.7 Å². The van der Waals surface area contributed by atoms with Crippen LogP contribution >= 0.6 is 11.6 Å². The highest BCUT2D eigenvalue weighted by Gasteiger charge is 2.44. The van der Waals surface area contributed by atoms with Crippen molar-refractivity contribution in [2.45, 2.75) is 17.2 Å². The van der Waals surface area contributed by atoms with Crippen molar-refractivity contribution in [1.29, 1.82) is 0 Å². The van der Waals surface area contributed by atoms with Crippen molar-refractivity contribution < 1.29 is 21.6 Å². The van der Waals surface area contributed by atoms with E-state index < -0.39 is 28.8 Å². The standard InChI is InChI=1S/C11H17ClF3N5O2S/c1-19-10(8(12)6-17-19)23(21,22)18-7-9(11(13,14)15)20-4-2-16-3-5-20/h6,9,16,18H,2-5,7H2,1H3. The van der Waals surface area contributed by atoms with Crippen LogP contribution in [0.3, 0.4) is 0 Å². The number of hydrogen-bond acceptors (Lipinski definition) is 5. The van der Waals surface area contributed by atoms with Crippen LogP contribution in [-0.4, -0.2) is 68.0 Å². The summed E-state index contributed by atoms with van der Waals surface area (Å²) < 4.78 is 67.1. The third-order valence-corrected chi connectivity index (χ3v) is 5.46. The Kier molecular flexibility index (Phi) is 5.56. The largest absolute Gasteiger partial charge is 0.405 e. The summed E-state index contributed by atoms with van der Waals surface area (Å²) in [5, 5.41) is 6.12. The third kappa shape index (κ3) is 4.35. The summed E-state index contributed by atoms with van der Waals surface area (Å²) in [4.78, 5) is 1.21. The number of rotatable bonds is 5. The van der Waals surface area contributed by atoms with Gasteiger partial charge in [0.25, 0.3) is 10.0 Å². The van der Waals surface area contributed by atoms with Gasteiger partial charge in [0.15, 0.2) is 5.03 Å². The van der Waals surface area contributed by atoms with E-state index >= 15 is 0 Å². The molecule has 2 rings (SSSR count). The van der Waals surface area contributed by atoms with Crippen molar-refractivity contribution in [3.8, 4) is 0 Å². The van der Waals surface area contributed by atoms with Gasteiger partial charge in [-0.2, -0.15) is 18.3 Å². The summed E-state index contributed by atoms with van der Waals surface area (Å²) in [5.74, 6) is 0. The van der Waals surface area contributed by atoms with Crippen molar-refractivity contribution in [3.05, 3.63) is 11.2 Å². The maximum Gasteiger partial charge on any atom is 0.405 e. The van der Waals surface area contributed by atoms with E-state index in [0.29, 0.717) is 13.1 Å². The summed E-state index contributed by atoms with van der Waals surface area (Å²) in [7, 11) is -2.85. The van der Waals surface area contributed by atoms with Crippen molar-refractivity contribution >= 4 is 21.6 Å². The third-order valence-electron chi connectivity index (χ3n) is 3.53. The predicted molar refractivity (Wildman–Crippen MR) is 77.7 cm³/mol. The van der Waals surface area contributed by atoms with Gasteiger partial charge in [0.05, 0.1) is 11.2 Å². The van der Waals surface area contributed by atoms with Gasteiger partial charge >= 0.3 is 6.18 Å². The van der Waals surface area contributed by atoms with Crippen LogP contribution in [0.2, 0.25) is 5.02 Å². The number of piperazine rings is 1. The van der Waals surface area contributed by atoms with Crippen LogP contribution in [0.4, 0.5) is 13.2 Å². The van der Waals surface area contributed by atoms with E-state index in [1.165, 1.54) is 11.9 Å². The molecule has 7 nitrogen and oxygen atoms in total. The Morgan fingerprint density at radius 2 is 2.04 bits per heavy atom. The highest BCUT2D eigenvalue weighted by molar-refractivity contribution is 7.89. The second kappa shape index (κ2) is 6.93. The Morgan fingerprint density at radius 3 is 2.52 bits per heavy atom. The first-order valence-corrected chi connectivity index (χ1v) is 8.67. The molecule has 0 aromatic carbocycles. The fraction of sp³-hybridized carbons (Fsp3) is 0.727. The molecule has 132 valence electrons. The van der Waals surface area contributed by atoms with Crippen molar-refractivity contribution in [2.75, 3.05) is 32.7 Å². The fourth-order valence-electron chi connectivity index (χ4n) is 2.40. The lowest BCUT2D eigenvalue weighted by molar-refractivity contribution is -0.182. The first kappa shape index (κ1) is 18.5. The number of nitrogens with one attached hydrogen (secondary N) is 2. The van der Waals surface area contributed by atoms with Crippen LogP contribution in [-0.2, 0) is 17.1 Å². The molecule has 0 radical (unpaired) electrons. The molecule has 2 N–H and O–H groups in total. The van der Waals surface area contributed by atoms with Gasteiger partial charge in [0, 0.05) is 39.8 Å². The molecule has 1 unspecified atom stereocenters. The van der Waals surface area contributed by atoms with E-state index in [-0.39, 0.29) is 23.1 Å². The smallest absolute Gasteiger partial charge is 0.314 e. The first-order valence-electron chi connectivity index (χ1n) is 6.81. The van der Waals surface area contributed by atoms with Gasteiger partial charge in [0.1, 0.15) is 6.04 Å². The van der Waals surface area contributed by atoms with Crippen LogP contribution in [0.1, 0.15) is 0 Å². The minimum atomic E-state index is -4.55. The molecule has 0 aliphatic carbocycles. The van der Waals surface area contributed by atoms with Gasteiger partial charge in [0.2, 0.25) is 0 Å². The SMILES string of the molecule is Cn1ncc(Cl)c1S(=O)(=O)NCC(N1CCNCC1)C(F)(F)F. The molecule has 1 aromatic heterocycles. The summed E-state index contributed by atoms with van der Waals surface area (Å²) in [5.41, 5.74) is 0. The minimum absolute atomic E-state index is 0.147. The van der Waals surface area contributed by atoms with E-state index in [9.17, 15) is 21.6 Å². The second-order valence-corrected chi connectivity index (χ2v) is 7.21. The zero-order valence-corrected chi connectivity index (χ0v) is 13.8. The molecule has 1 aliphatic heterocycles. The van der Waals surface area contributed by atoms with Gasteiger partial charge in [-0.1, -0.05) is 11.6 Å². The van der Waals surface area contributed by atoms with E-state index in [1.54, 1.807) is 0 Å². The molecular weight excluding hydrogens is 359 g/mol. The van der Waals surface area contributed by atoms with Gasteiger partial charge in [-0.15, -0.1) is 0 Å². The average Bonchev–Trinajstić information content (AvgIpc) is 2.78. The zero-order chi connectivity index (χ0) is 17.3. The van der Waals surface area contributed by atoms with Crippen molar-refractivity contribution in [2.24, 2.45) is 7.05 Å². The van der Waals surface area contributed by atoms with Gasteiger partial charge in [-0.05, 0) is 0 Å². The van der Waals surface area contributed by atoms with E-state index in [0.717, 1.165) is 10.9 Å². The Hall–Kier alpha value is -0.880. The van der Waals surface area contributed by atoms with Gasteiger partial charge in [-0.25, -0.2) is 13.1 Å². The van der Waals surface area contributed by atoms with Crippen molar-refractivity contribution in [3.63, 3.8) is 0 Å². The lowest BCUT2D eigenvalue weighted by Crippen LogP contribution is -2.57. The molecule has 1 atom stereocenters. The highest BCUT2D eigenvalue weighted by Crippen LogP contribution is 2.26. The fourth-order valence-corrected chi connectivity index (χ4v) is 4.09. The molecule has 23 heavy (non-hydrogen) atoms. The second-order valence-electron chi connectivity index (χ2n) is 5.12. The summed E-state index contributed by atoms with van der Waals surface area (Å²) >= 11 is 5.74. The maximum absolute atomic E-state index is 13.2. The molecule has 1 aliphatic rings. The summed E-state index contributed by atoms with van der Waals surface area (Å²) in [6, 6.07) is -1.90. The molecule has 1 saturated heterocycles. The number of nitrogens with zero attached hydrogens (tertiary/aromatic N) is 3. The molecule has 0 saturated carbocycles. The normalized spacial score (nSPS) is 19.0. The number of halogens is 4. The zero-order valence-electron chi connectivity index (χ0n) is 12.3. The van der Waals surface area contributed by atoms with Gasteiger partial charge < -0.3 is 5.32 Å². The minimum Gasteiger partial charge on any atom is -0.314 e. The van der Waals surface area contributed by atoms with E-state index in [4.69, 9.17) is 11.6 Å². The van der Waals surface area contributed by atoms with Crippen LogP contribution < -0.4 is 10.0 Å². The quantitative estimate of drug-likeness (QED) is 0.768. The lowest BCUT2D eigenvalue weighted by atomic mass is 10.2. The van der Waals surface area contributed by atoms with Crippen LogP contribution in [0.25, 0.3) is 0 Å². The average molecular weight is 376 g/mol. The lowest BCUT2D eigenvalue weighted by Gasteiger charge is -2.35. The molecular formula is C11H17ClF3N5O2S. The predicted octanol–water partition coefficient (Wildman–Crippen LogP) is 0.188. The Balaban J connectivity index is 2.14. The number of hydrogen-bond donors (Lipinski definition) is 2. The molecule has 12 heteroatoms. The number of aromatic nitrogens is 2. The number of alkyl halides is 3. The number of aryl methyl sites for hydroxylation is 1. The molecule has 0 amide bonds. The van der Waals surface area contributed by atoms with Crippen LogP contribution in [0.15, 0.2) is 11.2 Å². The Bertz CT molecular complexity index is 623. The van der Waals surface area contributed by atoms with E-state index in [1.807, 2.05) is 4.72 Å². The molecule has 1 fully saturated rings. The monoisotopic (exact) mass is 375 g/mol. The van der Waals surface area contributed by atoms with Crippen LogP contribution in [0.5, 0.6) is 0 Å².